The third-order valence-corrected chi connectivity index (χ3v) is 4.72. The van der Waals surface area contributed by atoms with Gasteiger partial charge in [-0.1, -0.05) is 12.1 Å². The minimum absolute atomic E-state index is 0.186. The quantitative estimate of drug-likeness (QED) is 0.567. The molecular formula is C20H20N6O2. The van der Waals surface area contributed by atoms with E-state index in [4.69, 9.17) is 0 Å². The molecule has 0 radical (unpaired) electrons. The van der Waals surface area contributed by atoms with Gasteiger partial charge < -0.3 is 10.4 Å². The van der Waals surface area contributed by atoms with Crippen LogP contribution in [0, 0.1) is 6.92 Å². The number of hydrogen-bond donors (Lipinski definition) is 2. The van der Waals surface area contributed by atoms with E-state index in [0.717, 1.165) is 33.1 Å². The van der Waals surface area contributed by atoms with Crippen molar-refractivity contribution in [1.29, 1.82) is 0 Å². The normalized spacial score (nSPS) is 12.4. The van der Waals surface area contributed by atoms with E-state index < -0.39 is 6.10 Å². The zero-order chi connectivity index (χ0) is 19.8. The Labute approximate surface area is 161 Å². The number of hydrogen-bond acceptors (Lipinski definition) is 6. The fourth-order valence-electron chi connectivity index (χ4n) is 3.29. The van der Waals surface area contributed by atoms with Gasteiger partial charge in [-0.2, -0.15) is 0 Å². The summed E-state index contributed by atoms with van der Waals surface area (Å²) < 4.78 is 1.73. The number of aromatic nitrogens is 5. The monoisotopic (exact) mass is 376 g/mol. The van der Waals surface area contributed by atoms with Crippen LogP contribution in [0.5, 0.6) is 0 Å². The Kier molecular flexibility index (Phi) is 4.48. The first-order valence-corrected chi connectivity index (χ1v) is 9.03. The summed E-state index contributed by atoms with van der Waals surface area (Å²) in [6, 6.07) is 5.69. The molecule has 8 heteroatoms. The van der Waals surface area contributed by atoms with Crippen molar-refractivity contribution in [2.24, 2.45) is 0 Å². The molecular weight excluding hydrogens is 356 g/mol. The number of aryl methyl sites for hydroxylation is 1. The van der Waals surface area contributed by atoms with Crippen LogP contribution in [0.4, 0.5) is 5.82 Å². The van der Waals surface area contributed by atoms with Gasteiger partial charge in [0, 0.05) is 41.9 Å². The van der Waals surface area contributed by atoms with Crippen LogP contribution in [0.1, 0.15) is 37.6 Å². The SMILES string of the molecule is CC[C@H](O)c1cc(C)c(-c2cc3cnc(NC(C)=O)cc3n3nncc23)cn1. The van der Waals surface area contributed by atoms with Crippen molar-refractivity contribution in [2.45, 2.75) is 33.3 Å². The van der Waals surface area contributed by atoms with E-state index >= 15 is 0 Å². The molecule has 4 heterocycles. The molecule has 8 nitrogen and oxygen atoms in total. The van der Waals surface area contributed by atoms with Crippen LogP contribution < -0.4 is 5.32 Å². The number of aliphatic hydroxyl groups is 1. The first kappa shape index (κ1) is 18.0. The maximum absolute atomic E-state index is 11.3. The summed E-state index contributed by atoms with van der Waals surface area (Å²) >= 11 is 0. The van der Waals surface area contributed by atoms with E-state index in [2.05, 4.69) is 25.6 Å². The number of carbonyl (C=O) groups excluding carboxylic acids is 1. The molecule has 0 aliphatic heterocycles. The molecule has 0 saturated carbocycles. The van der Waals surface area contributed by atoms with Gasteiger partial charge in [0.1, 0.15) is 5.82 Å². The van der Waals surface area contributed by atoms with Gasteiger partial charge in [0.05, 0.1) is 29.0 Å². The second-order valence-electron chi connectivity index (χ2n) is 6.75. The van der Waals surface area contributed by atoms with E-state index in [1.807, 2.05) is 26.0 Å². The first-order valence-electron chi connectivity index (χ1n) is 9.03. The van der Waals surface area contributed by atoms with E-state index in [-0.39, 0.29) is 5.91 Å². The molecule has 0 aliphatic carbocycles. The number of aliphatic hydroxyl groups excluding tert-OH is 1. The lowest BCUT2D eigenvalue weighted by molar-refractivity contribution is -0.114. The van der Waals surface area contributed by atoms with Gasteiger partial charge in [-0.05, 0) is 31.0 Å². The maximum Gasteiger partial charge on any atom is 0.222 e. The largest absolute Gasteiger partial charge is 0.387 e. The fourth-order valence-corrected chi connectivity index (χ4v) is 3.29. The average molecular weight is 376 g/mol. The number of rotatable bonds is 4. The Hall–Kier alpha value is -3.39. The van der Waals surface area contributed by atoms with Crippen LogP contribution in [0.15, 0.2) is 36.8 Å². The summed E-state index contributed by atoms with van der Waals surface area (Å²) in [7, 11) is 0. The van der Waals surface area contributed by atoms with Gasteiger partial charge >= 0.3 is 0 Å². The summed E-state index contributed by atoms with van der Waals surface area (Å²) in [5.41, 5.74) is 5.14. The molecule has 0 unspecified atom stereocenters. The van der Waals surface area contributed by atoms with E-state index in [9.17, 15) is 9.90 Å². The zero-order valence-corrected chi connectivity index (χ0v) is 15.8. The van der Waals surface area contributed by atoms with Crippen molar-refractivity contribution in [2.75, 3.05) is 5.32 Å². The van der Waals surface area contributed by atoms with Crippen molar-refractivity contribution in [1.82, 2.24) is 24.8 Å². The summed E-state index contributed by atoms with van der Waals surface area (Å²) in [5.74, 6) is 0.273. The number of amides is 1. The van der Waals surface area contributed by atoms with Crippen molar-refractivity contribution in [3.05, 3.63) is 48.0 Å². The van der Waals surface area contributed by atoms with Crippen LogP contribution in [0.3, 0.4) is 0 Å². The minimum atomic E-state index is -0.572. The lowest BCUT2D eigenvalue weighted by Crippen LogP contribution is -2.07. The molecule has 142 valence electrons. The Morgan fingerprint density at radius 3 is 2.68 bits per heavy atom. The molecule has 4 rings (SSSR count). The maximum atomic E-state index is 11.3. The van der Waals surface area contributed by atoms with Gasteiger partial charge in [-0.15, -0.1) is 5.10 Å². The number of carbonyl (C=O) groups is 1. The highest BCUT2D eigenvalue weighted by Crippen LogP contribution is 2.32. The molecule has 28 heavy (non-hydrogen) atoms. The smallest absolute Gasteiger partial charge is 0.222 e. The van der Waals surface area contributed by atoms with Crippen LogP contribution in [-0.2, 0) is 4.79 Å². The number of nitrogens with zero attached hydrogens (tertiary/aromatic N) is 5. The lowest BCUT2D eigenvalue weighted by Gasteiger charge is -2.13. The molecule has 0 spiro atoms. The third kappa shape index (κ3) is 3.07. The Bertz CT molecular complexity index is 1200. The summed E-state index contributed by atoms with van der Waals surface area (Å²) in [6.45, 7) is 5.35. The first-order chi connectivity index (χ1) is 13.5. The lowest BCUT2D eigenvalue weighted by atomic mass is 9.99. The number of anilines is 1. The average Bonchev–Trinajstić information content (AvgIpc) is 3.17. The minimum Gasteiger partial charge on any atom is -0.387 e. The molecule has 2 N–H and O–H groups in total. The zero-order valence-electron chi connectivity index (χ0n) is 15.8. The standard InChI is InChI=1S/C20H20N6O2/c1-4-19(28)16-5-11(2)15(9-21-16)14-6-13-8-22-20(24-12(3)27)7-17(13)26-18(14)10-23-25-26/h5-10,19,28H,4H2,1-3H3,(H,22,24,27)/t19-/m0/s1. The molecule has 0 aromatic carbocycles. The van der Waals surface area contributed by atoms with Crippen molar-refractivity contribution >= 4 is 28.1 Å². The number of nitrogens with one attached hydrogen (secondary N) is 1. The third-order valence-electron chi connectivity index (χ3n) is 4.72. The van der Waals surface area contributed by atoms with Crippen molar-refractivity contribution in [3.8, 4) is 11.1 Å². The fraction of sp³-hybridized carbons (Fsp3) is 0.250. The summed E-state index contributed by atoms with van der Waals surface area (Å²) in [6.07, 6.45) is 5.21. The Morgan fingerprint density at radius 2 is 1.96 bits per heavy atom. The molecule has 4 aromatic rings. The molecule has 0 bridgehead atoms. The topological polar surface area (TPSA) is 105 Å². The number of pyridine rings is 3. The van der Waals surface area contributed by atoms with Gasteiger partial charge in [0.2, 0.25) is 5.91 Å². The Balaban J connectivity index is 1.90. The van der Waals surface area contributed by atoms with Crippen LogP contribution >= 0.6 is 0 Å². The second-order valence-corrected chi connectivity index (χ2v) is 6.75. The van der Waals surface area contributed by atoms with Crippen molar-refractivity contribution < 1.29 is 9.90 Å². The van der Waals surface area contributed by atoms with Crippen molar-refractivity contribution in [3.63, 3.8) is 0 Å². The summed E-state index contributed by atoms with van der Waals surface area (Å²) in [4.78, 5) is 20.1. The second kappa shape index (κ2) is 6.97. The van der Waals surface area contributed by atoms with Gasteiger partial charge in [0.15, 0.2) is 0 Å². The van der Waals surface area contributed by atoms with E-state index in [1.165, 1.54) is 6.92 Å². The molecule has 1 amide bonds. The predicted molar refractivity (Wildman–Crippen MR) is 106 cm³/mol. The van der Waals surface area contributed by atoms with Gasteiger partial charge in [0.25, 0.3) is 0 Å². The van der Waals surface area contributed by atoms with Gasteiger partial charge in [-0.25, -0.2) is 9.50 Å². The van der Waals surface area contributed by atoms with E-state index in [0.29, 0.717) is 17.9 Å². The molecule has 0 saturated heterocycles. The molecule has 0 aliphatic rings. The molecule has 1 atom stereocenters. The highest BCUT2D eigenvalue weighted by atomic mass is 16.3. The molecule has 4 aromatic heterocycles. The highest BCUT2D eigenvalue weighted by Gasteiger charge is 2.15. The van der Waals surface area contributed by atoms with E-state index in [1.54, 1.807) is 29.2 Å². The Morgan fingerprint density at radius 1 is 1.14 bits per heavy atom. The summed E-state index contributed by atoms with van der Waals surface area (Å²) in [5, 5.41) is 21.9. The predicted octanol–water partition coefficient (Wildman–Crippen LogP) is 3.05. The number of fused-ring (bicyclic) bond motifs is 3. The van der Waals surface area contributed by atoms with Crippen LogP contribution in [0.25, 0.3) is 27.5 Å². The highest BCUT2D eigenvalue weighted by molar-refractivity contribution is 5.95. The molecule has 0 fully saturated rings. The van der Waals surface area contributed by atoms with Crippen LogP contribution in [-0.4, -0.2) is 35.8 Å². The van der Waals surface area contributed by atoms with Crippen LogP contribution in [0.2, 0.25) is 0 Å². The van der Waals surface area contributed by atoms with Gasteiger partial charge in [-0.3, -0.25) is 9.78 Å².